The van der Waals surface area contributed by atoms with Crippen molar-refractivity contribution in [3.05, 3.63) is 107 Å². The van der Waals surface area contributed by atoms with Gasteiger partial charge < -0.3 is 50.6 Å². The van der Waals surface area contributed by atoms with Crippen LogP contribution in [-0.4, -0.2) is 72.8 Å². The highest BCUT2D eigenvalue weighted by Gasteiger charge is 2.38. The van der Waals surface area contributed by atoms with Crippen LogP contribution in [0.3, 0.4) is 0 Å². The molecular weight excluding hydrogens is 779 g/mol. The van der Waals surface area contributed by atoms with Gasteiger partial charge >= 0.3 is 6.03 Å². The number of aromatic hydroxyl groups is 2. The largest absolute Gasteiger partial charge is 0.506 e. The molecule has 0 radical (unpaired) electrons. The number of anilines is 4. The third kappa shape index (κ3) is 5.48. The molecule has 4 aromatic heterocycles. The second-order valence-corrected chi connectivity index (χ2v) is 15.8. The number of halogens is 2. The van der Waals surface area contributed by atoms with E-state index in [2.05, 4.69) is 30.6 Å². The zero-order chi connectivity index (χ0) is 40.1. The third-order valence-corrected chi connectivity index (χ3v) is 12.3. The van der Waals surface area contributed by atoms with Crippen LogP contribution >= 0.6 is 23.2 Å². The molecule has 0 spiro atoms. The molecule has 0 aliphatic carbocycles. The van der Waals surface area contributed by atoms with Crippen LogP contribution in [0.25, 0.3) is 43.6 Å². The first kappa shape index (κ1) is 35.8. The predicted molar refractivity (Wildman–Crippen MR) is 229 cm³/mol. The van der Waals surface area contributed by atoms with Crippen LogP contribution in [0.4, 0.5) is 27.5 Å². The molecule has 4 amide bonds. The summed E-state index contributed by atoms with van der Waals surface area (Å²) in [6, 6.07) is 16.9. The van der Waals surface area contributed by atoms with E-state index in [1.54, 1.807) is 70.5 Å². The summed E-state index contributed by atoms with van der Waals surface area (Å²) in [5.74, 6) is 0.0456. The van der Waals surface area contributed by atoms with Gasteiger partial charge in [0.1, 0.15) is 22.9 Å². The van der Waals surface area contributed by atoms with Gasteiger partial charge in [-0.3, -0.25) is 9.59 Å². The standard InChI is InChI=1S/C43H36Cl2N8O5/c1-19-15-46-39-33(54)11-31-37(35(19)39)23(13-44)17-52(31)41(56)29-9-21-7-25(3-5-27(21)50-29)48-43(58)49-26-4-6-28-22(8-26)10-30(51-28)42(57)53-18-24(14-45)38-32(53)12-34(55)40-36(38)20(2)16-47-40/h3-12,15-16,23-24,46-47,50-51,54-55H,13-14,17-18H2,1-2H3,(H2,48,49,58). The minimum Gasteiger partial charge on any atom is -0.506 e. The Hall–Kier alpha value is -6.57. The molecule has 2 unspecified atom stereocenters. The van der Waals surface area contributed by atoms with Gasteiger partial charge in [-0.1, -0.05) is 0 Å². The van der Waals surface area contributed by atoms with E-state index < -0.39 is 6.03 Å². The van der Waals surface area contributed by atoms with Gasteiger partial charge in [0, 0.05) is 105 Å². The monoisotopic (exact) mass is 814 g/mol. The van der Waals surface area contributed by atoms with Crippen molar-refractivity contribution in [1.82, 2.24) is 19.9 Å². The maximum absolute atomic E-state index is 14.0. The molecule has 13 nitrogen and oxygen atoms in total. The first-order valence-electron chi connectivity index (χ1n) is 18.8. The minimum atomic E-state index is -0.476. The summed E-state index contributed by atoms with van der Waals surface area (Å²) in [7, 11) is 0. The number of aryl methyl sites for hydroxylation is 2. The summed E-state index contributed by atoms with van der Waals surface area (Å²) < 4.78 is 0. The first-order valence-corrected chi connectivity index (χ1v) is 19.8. The number of carbonyl (C=O) groups is 3. The van der Waals surface area contributed by atoms with E-state index in [0.717, 1.165) is 43.8 Å². The first-order chi connectivity index (χ1) is 28.0. The number of phenols is 2. The van der Waals surface area contributed by atoms with Crippen LogP contribution < -0.4 is 20.4 Å². The van der Waals surface area contributed by atoms with Crippen molar-refractivity contribution in [2.45, 2.75) is 25.7 Å². The van der Waals surface area contributed by atoms with Gasteiger partial charge in [-0.15, -0.1) is 23.2 Å². The number of aromatic nitrogens is 4. The van der Waals surface area contributed by atoms with Crippen LogP contribution in [0.2, 0.25) is 0 Å². The van der Waals surface area contributed by atoms with Gasteiger partial charge in [-0.2, -0.15) is 0 Å². The molecular formula is C43H36Cl2N8O5. The summed E-state index contributed by atoms with van der Waals surface area (Å²) in [6.45, 7) is 4.67. The van der Waals surface area contributed by atoms with Crippen molar-refractivity contribution in [3.63, 3.8) is 0 Å². The lowest BCUT2D eigenvalue weighted by Gasteiger charge is -2.17. The topological polar surface area (TPSA) is 185 Å². The van der Waals surface area contributed by atoms with E-state index >= 15 is 0 Å². The number of amides is 4. The number of nitrogens with one attached hydrogen (secondary N) is 6. The highest BCUT2D eigenvalue weighted by atomic mass is 35.5. The van der Waals surface area contributed by atoms with E-state index in [4.69, 9.17) is 23.2 Å². The van der Waals surface area contributed by atoms with Gasteiger partial charge in [0.2, 0.25) is 0 Å². The number of carbonyl (C=O) groups excluding carboxylic acids is 3. The highest BCUT2D eigenvalue weighted by Crippen LogP contribution is 2.48. The predicted octanol–water partition coefficient (Wildman–Crippen LogP) is 9.25. The van der Waals surface area contributed by atoms with Crippen molar-refractivity contribution < 1.29 is 24.6 Å². The molecule has 0 fully saturated rings. The molecule has 2 atom stereocenters. The summed E-state index contributed by atoms with van der Waals surface area (Å²) in [4.78, 5) is 57.1. The number of fused-ring (bicyclic) bond motifs is 8. The fourth-order valence-corrected chi connectivity index (χ4v) is 9.43. The van der Waals surface area contributed by atoms with Crippen molar-refractivity contribution in [1.29, 1.82) is 0 Å². The molecule has 10 rings (SSSR count). The van der Waals surface area contributed by atoms with Crippen molar-refractivity contribution in [3.8, 4) is 11.5 Å². The Morgan fingerprint density at radius 3 is 1.52 bits per heavy atom. The molecule has 0 bridgehead atoms. The quantitative estimate of drug-likeness (QED) is 0.0777. The zero-order valence-electron chi connectivity index (χ0n) is 31.2. The third-order valence-electron chi connectivity index (χ3n) is 11.6. The summed E-state index contributed by atoms with van der Waals surface area (Å²) in [6.07, 6.45) is 3.68. The molecule has 8 aromatic rings. The highest BCUT2D eigenvalue weighted by molar-refractivity contribution is 6.20. The Morgan fingerprint density at radius 1 is 0.672 bits per heavy atom. The number of hydrogen-bond acceptors (Lipinski definition) is 5. The van der Waals surface area contributed by atoms with Gasteiger partial charge in [0.05, 0.1) is 22.4 Å². The molecule has 0 saturated carbocycles. The fourth-order valence-electron chi connectivity index (χ4n) is 8.92. The number of phenolic OH excluding ortho intramolecular Hbond substituents is 2. The average Bonchev–Trinajstić information content (AvgIpc) is 4.06. The normalized spacial score (nSPS) is 16.2. The molecule has 8 N–H and O–H groups in total. The number of nitrogens with zero attached hydrogens (tertiary/aromatic N) is 2. The molecule has 58 heavy (non-hydrogen) atoms. The van der Waals surface area contributed by atoms with Crippen molar-refractivity contribution in [2.24, 2.45) is 0 Å². The molecule has 2 aliphatic heterocycles. The Bertz CT molecular complexity index is 2850. The van der Waals surface area contributed by atoms with Crippen LogP contribution in [0, 0.1) is 13.8 Å². The summed E-state index contributed by atoms with van der Waals surface area (Å²) in [5, 5.41) is 30.5. The van der Waals surface area contributed by atoms with Crippen molar-refractivity contribution in [2.75, 3.05) is 45.3 Å². The number of hydrogen-bond donors (Lipinski definition) is 8. The summed E-state index contributed by atoms with van der Waals surface area (Å²) >= 11 is 12.8. The average molecular weight is 816 g/mol. The van der Waals surface area contributed by atoms with Gasteiger partial charge in [-0.25, -0.2) is 4.79 Å². The van der Waals surface area contributed by atoms with Gasteiger partial charge in [-0.05, 0) is 84.6 Å². The number of H-pyrrole nitrogens is 4. The zero-order valence-corrected chi connectivity index (χ0v) is 32.7. The molecule has 4 aromatic carbocycles. The van der Waals surface area contributed by atoms with Gasteiger partial charge in [0.25, 0.3) is 11.8 Å². The smallest absolute Gasteiger partial charge is 0.323 e. The SMILES string of the molecule is Cc1c[nH]c2c(O)cc3c(c12)C(CCl)CN3C(=O)c1cc2cc(NC(=O)Nc3ccc4[nH]c(C(=O)N5CC(CCl)c6c5cc(O)c5[nH]cc(C)c65)cc4c3)ccc2[nH]1. The van der Waals surface area contributed by atoms with E-state index in [9.17, 15) is 24.6 Å². The van der Waals surface area contributed by atoms with E-state index in [1.807, 2.05) is 26.2 Å². The maximum Gasteiger partial charge on any atom is 0.323 e. The number of alkyl halides is 2. The minimum absolute atomic E-state index is 0.0646. The Kier molecular flexibility index (Phi) is 8.18. The number of benzene rings is 4. The molecule has 2 aliphatic rings. The van der Waals surface area contributed by atoms with E-state index in [0.29, 0.717) is 81.1 Å². The van der Waals surface area contributed by atoms with Gasteiger partial charge in [0.15, 0.2) is 0 Å². The Morgan fingerprint density at radius 2 is 1.10 bits per heavy atom. The number of rotatable bonds is 6. The molecule has 292 valence electrons. The summed E-state index contributed by atoms with van der Waals surface area (Å²) in [5.41, 5.74) is 9.52. The second kappa shape index (κ2) is 13.3. The molecule has 6 heterocycles. The van der Waals surface area contributed by atoms with Crippen LogP contribution in [0.1, 0.15) is 55.1 Å². The lowest BCUT2D eigenvalue weighted by molar-refractivity contribution is 0.0977. The lowest BCUT2D eigenvalue weighted by Crippen LogP contribution is -2.30. The Labute approximate surface area is 339 Å². The van der Waals surface area contributed by atoms with E-state index in [1.165, 1.54) is 0 Å². The Balaban J connectivity index is 0.850. The second-order valence-electron chi connectivity index (χ2n) is 15.2. The lowest BCUT2D eigenvalue weighted by atomic mass is 9.97. The fraction of sp³-hybridized carbons (Fsp3) is 0.186. The maximum atomic E-state index is 14.0. The van der Waals surface area contributed by atoms with Crippen LogP contribution in [-0.2, 0) is 0 Å². The number of urea groups is 1. The molecule has 15 heteroatoms. The molecule has 0 saturated heterocycles. The van der Waals surface area contributed by atoms with Crippen LogP contribution in [0.15, 0.2) is 73.1 Å². The number of aromatic amines is 4. The van der Waals surface area contributed by atoms with Crippen molar-refractivity contribution >= 4 is 107 Å². The van der Waals surface area contributed by atoms with E-state index in [-0.39, 0.29) is 35.1 Å². The van der Waals surface area contributed by atoms with Crippen LogP contribution in [0.5, 0.6) is 11.5 Å².